The van der Waals surface area contributed by atoms with Crippen LogP contribution < -0.4 is 16.0 Å². The summed E-state index contributed by atoms with van der Waals surface area (Å²) in [5, 5.41) is 3.76. The fourth-order valence-electron chi connectivity index (χ4n) is 5.02. The number of benzene rings is 3. The highest BCUT2D eigenvalue weighted by Crippen LogP contribution is 2.37. The molecule has 0 radical (unpaired) electrons. The molecule has 2 atom stereocenters. The van der Waals surface area contributed by atoms with Gasteiger partial charge in [0.1, 0.15) is 0 Å². The molecule has 2 aliphatic heterocycles. The summed E-state index contributed by atoms with van der Waals surface area (Å²) in [6.07, 6.45) is 0.809. The van der Waals surface area contributed by atoms with Gasteiger partial charge >= 0.3 is 0 Å². The van der Waals surface area contributed by atoms with Gasteiger partial charge in [0.15, 0.2) is 0 Å². The number of piperazine rings is 1. The Labute approximate surface area is 200 Å². The minimum absolute atomic E-state index is 0.0788. The lowest BCUT2D eigenvalue weighted by molar-refractivity contribution is -0.124. The van der Waals surface area contributed by atoms with E-state index in [1.807, 2.05) is 24.3 Å². The van der Waals surface area contributed by atoms with E-state index in [0.29, 0.717) is 10.7 Å². The molecule has 0 aromatic heterocycles. The zero-order chi connectivity index (χ0) is 22.8. The molecule has 33 heavy (non-hydrogen) atoms. The molecule has 3 aromatic rings. The molecular weight excluding hydrogens is 432 g/mol. The van der Waals surface area contributed by atoms with Gasteiger partial charge in [0.05, 0.1) is 22.7 Å². The molecule has 170 valence electrons. The predicted molar refractivity (Wildman–Crippen MR) is 135 cm³/mol. The van der Waals surface area contributed by atoms with Crippen molar-refractivity contribution >= 4 is 28.9 Å². The van der Waals surface area contributed by atoms with Crippen LogP contribution in [0.15, 0.2) is 72.8 Å². The van der Waals surface area contributed by atoms with Crippen LogP contribution in [-0.2, 0) is 4.79 Å². The molecule has 2 heterocycles. The Morgan fingerprint density at radius 2 is 1.61 bits per heavy atom. The van der Waals surface area contributed by atoms with Gasteiger partial charge in [-0.3, -0.25) is 9.69 Å². The van der Waals surface area contributed by atoms with Crippen LogP contribution in [0.5, 0.6) is 0 Å². The quantitative estimate of drug-likeness (QED) is 0.553. The monoisotopic (exact) mass is 460 g/mol. The van der Waals surface area contributed by atoms with Gasteiger partial charge in [-0.1, -0.05) is 60.1 Å². The van der Waals surface area contributed by atoms with E-state index in [0.717, 1.165) is 55.8 Å². The minimum atomic E-state index is -0.209. The van der Waals surface area contributed by atoms with E-state index in [4.69, 9.17) is 17.3 Å². The van der Waals surface area contributed by atoms with E-state index >= 15 is 0 Å². The number of carbonyl (C=O) groups excluding carboxylic acids is 1. The summed E-state index contributed by atoms with van der Waals surface area (Å²) >= 11 is 6.11. The smallest absolute Gasteiger partial charge is 0.228 e. The molecule has 3 N–H and O–H groups in total. The number of amides is 1. The van der Waals surface area contributed by atoms with Crippen molar-refractivity contribution in [2.24, 2.45) is 0 Å². The first kappa shape index (κ1) is 21.8. The van der Waals surface area contributed by atoms with E-state index < -0.39 is 0 Å². The third-order valence-electron chi connectivity index (χ3n) is 6.87. The molecule has 2 aliphatic rings. The molecule has 5 rings (SSSR count). The number of nitrogens with one attached hydrogen (secondary N) is 1. The zero-order valence-electron chi connectivity index (χ0n) is 18.6. The van der Waals surface area contributed by atoms with Crippen molar-refractivity contribution in [1.29, 1.82) is 0 Å². The van der Waals surface area contributed by atoms with Crippen LogP contribution in [0, 0.1) is 0 Å². The largest absolute Gasteiger partial charge is 0.398 e. The Balaban J connectivity index is 1.27. The van der Waals surface area contributed by atoms with Crippen molar-refractivity contribution in [3.8, 4) is 0 Å². The van der Waals surface area contributed by atoms with Gasteiger partial charge < -0.3 is 16.0 Å². The van der Waals surface area contributed by atoms with Crippen molar-refractivity contribution < 1.29 is 4.79 Å². The number of anilines is 2. The molecule has 0 spiro atoms. The molecule has 3 aromatic carbocycles. The topological polar surface area (TPSA) is 61.6 Å². The van der Waals surface area contributed by atoms with E-state index in [1.165, 1.54) is 5.69 Å². The summed E-state index contributed by atoms with van der Waals surface area (Å²) < 4.78 is 0. The maximum atomic E-state index is 13.2. The van der Waals surface area contributed by atoms with Gasteiger partial charge in [0, 0.05) is 31.9 Å². The van der Waals surface area contributed by atoms with Gasteiger partial charge in [0.25, 0.3) is 0 Å². The van der Waals surface area contributed by atoms with E-state index in [1.54, 1.807) is 6.07 Å². The standard InChI is InChI=1S/C27H29ClN4O/c28-24-11-10-19(18-25(24)29)26-22-9-5-4-8-21(22)23(27(33)30-26)12-13-31-14-16-32(17-15-31)20-6-2-1-3-7-20/h1-11,18,23,26H,12-17,29H2,(H,30,33). The number of fused-ring (bicyclic) bond motifs is 1. The second-order valence-corrected chi connectivity index (χ2v) is 9.26. The van der Waals surface area contributed by atoms with Crippen LogP contribution in [0.25, 0.3) is 0 Å². The number of nitrogen functional groups attached to an aromatic ring is 1. The Bertz CT molecular complexity index is 1130. The van der Waals surface area contributed by atoms with Crippen molar-refractivity contribution in [3.63, 3.8) is 0 Å². The second-order valence-electron chi connectivity index (χ2n) is 8.86. The fourth-order valence-corrected chi connectivity index (χ4v) is 5.14. The first-order valence-electron chi connectivity index (χ1n) is 11.6. The van der Waals surface area contributed by atoms with Crippen molar-refractivity contribution in [1.82, 2.24) is 10.2 Å². The fraction of sp³-hybridized carbons (Fsp3) is 0.296. The summed E-state index contributed by atoms with van der Waals surface area (Å²) in [4.78, 5) is 18.1. The maximum absolute atomic E-state index is 13.2. The number of carbonyl (C=O) groups is 1. The Morgan fingerprint density at radius 1 is 0.909 bits per heavy atom. The third-order valence-corrected chi connectivity index (χ3v) is 7.21. The predicted octanol–water partition coefficient (Wildman–Crippen LogP) is 4.44. The number of halogens is 1. The molecule has 1 saturated heterocycles. The van der Waals surface area contributed by atoms with E-state index in [-0.39, 0.29) is 17.9 Å². The molecule has 2 unspecified atom stereocenters. The normalized spacial score (nSPS) is 20.9. The molecule has 5 nitrogen and oxygen atoms in total. The SMILES string of the molecule is Nc1cc(C2NC(=O)C(CCN3CCN(c4ccccc4)CC3)c3ccccc32)ccc1Cl. The molecule has 1 amide bonds. The minimum Gasteiger partial charge on any atom is -0.398 e. The van der Waals surface area contributed by atoms with Gasteiger partial charge in [-0.25, -0.2) is 0 Å². The van der Waals surface area contributed by atoms with Crippen LogP contribution in [0.1, 0.15) is 35.1 Å². The number of para-hydroxylation sites is 1. The molecule has 0 bridgehead atoms. The van der Waals surface area contributed by atoms with Crippen LogP contribution >= 0.6 is 11.6 Å². The van der Waals surface area contributed by atoms with Crippen LogP contribution in [0.2, 0.25) is 5.02 Å². The summed E-state index contributed by atoms with van der Waals surface area (Å²) in [5.41, 5.74) is 11.0. The Kier molecular flexibility index (Phi) is 6.25. The summed E-state index contributed by atoms with van der Waals surface area (Å²) in [6.45, 7) is 4.96. The average molecular weight is 461 g/mol. The highest BCUT2D eigenvalue weighted by atomic mass is 35.5. The molecule has 1 fully saturated rings. The zero-order valence-corrected chi connectivity index (χ0v) is 19.3. The van der Waals surface area contributed by atoms with Crippen molar-refractivity contribution in [3.05, 3.63) is 94.5 Å². The first-order valence-corrected chi connectivity index (χ1v) is 11.9. The first-order chi connectivity index (χ1) is 16.1. The Morgan fingerprint density at radius 3 is 2.33 bits per heavy atom. The van der Waals surface area contributed by atoms with Crippen molar-refractivity contribution in [2.45, 2.75) is 18.4 Å². The molecule has 0 aliphatic carbocycles. The van der Waals surface area contributed by atoms with Gasteiger partial charge in [0.2, 0.25) is 5.91 Å². The van der Waals surface area contributed by atoms with Gasteiger partial charge in [-0.2, -0.15) is 0 Å². The number of nitrogens with two attached hydrogens (primary N) is 1. The lowest BCUT2D eigenvalue weighted by atomic mass is 9.82. The molecular formula is C27H29ClN4O. The summed E-state index contributed by atoms with van der Waals surface area (Å²) in [7, 11) is 0. The maximum Gasteiger partial charge on any atom is 0.228 e. The average Bonchev–Trinajstić information content (AvgIpc) is 2.86. The highest BCUT2D eigenvalue weighted by molar-refractivity contribution is 6.33. The summed E-state index contributed by atoms with van der Waals surface area (Å²) in [5.74, 6) is -0.0654. The number of nitrogens with zero attached hydrogens (tertiary/aromatic N) is 2. The summed E-state index contributed by atoms with van der Waals surface area (Å²) in [6, 6.07) is 24.2. The molecule has 6 heteroatoms. The number of hydrogen-bond donors (Lipinski definition) is 2. The van der Waals surface area contributed by atoms with Crippen LogP contribution in [0.4, 0.5) is 11.4 Å². The van der Waals surface area contributed by atoms with E-state index in [2.05, 4.69) is 57.6 Å². The molecule has 0 saturated carbocycles. The van der Waals surface area contributed by atoms with Crippen LogP contribution in [-0.4, -0.2) is 43.5 Å². The third kappa shape index (κ3) is 4.56. The Hall–Kier alpha value is -3.02. The number of rotatable bonds is 5. The highest BCUT2D eigenvalue weighted by Gasteiger charge is 2.34. The van der Waals surface area contributed by atoms with Gasteiger partial charge in [-0.15, -0.1) is 0 Å². The van der Waals surface area contributed by atoms with E-state index in [9.17, 15) is 4.79 Å². The van der Waals surface area contributed by atoms with Crippen molar-refractivity contribution in [2.75, 3.05) is 43.4 Å². The number of hydrogen-bond acceptors (Lipinski definition) is 4. The van der Waals surface area contributed by atoms with Gasteiger partial charge in [-0.05, 0) is 53.9 Å². The second kappa shape index (κ2) is 9.46. The lowest BCUT2D eigenvalue weighted by Crippen LogP contribution is -2.47. The lowest BCUT2D eigenvalue weighted by Gasteiger charge is -2.37. The van der Waals surface area contributed by atoms with Crippen LogP contribution in [0.3, 0.4) is 0 Å².